The largest absolute Gasteiger partial charge is 0.303 e. The minimum atomic E-state index is 0.796. The van der Waals surface area contributed by atoms with Gasteiger partial charge in [0.2, 0.25) is 0 Å². The summed E-state index contributed by atoms with van der Waals surface area (Å²) in [6.45, 7) is 8.31. The molecular formula is C9H19N. The fraction of sp³-hybridized carbons (Fsp3) is 1.00. The summed E-state index contributed by atoms with van der Waals surface area (Å²) in [6, 6.07) is 0.796. The highest BCUT2D eigenvalue weighted by Crippen LogP contribution is 2.29. The highest BCUT2D eigenvalue weighted by atomic mass is 15.2. The third-order valence-electron chi connectivity index (χ3n) is 3.25. The molecule has 0 aromatic heterocycles. The molecule has 3 atom stereocenters. The lowest BCUT2D eigenvalue weighted by Crippen LogP contribution is -2.24. The molecule has 60 valence electrons. The van der Waals surface area contributed by atoms with E-state index in [0.717, 1.165) is 17.9 Å². The third-order valence-corrected chi connectivity index (χ3v) is 3.25. The van der Waals surface area contributed by atoms with Crippen LogP contribution in [0.25, 0.3) is 0 Å². The van der Waals surface area contributed by atoms with E-state index in [1.54, 1.807) is 0 Å². The van der Waals surface area contributed by atoms with E-state index < -0.39 is 0 Å². The Labute approximate surface area is 64.4 Å². The van der Waals surface area contributed by atoms with Crippen molar-refractivity contribution < 1.29 is 0 Å². The van der Waals surface area contributed by atoms with E-state index in [1.165, 1.54) is 13.0 Å². The Balaban J connectivity index is 2.53. The molecule has 0 aromatic rings. The van der Waals surface area contributed by atoms with Crippen LogP contribution in [0.2, 0.25) is 0 Å². The van der Waals surface area contributed by atoms with E-state index >= 15 is 0 Å². The number of hydrogen-bond acceptors (Lipinski definition) is 1. The molecule has 0 spiro atoms. The Hall–Kier alpha value is -0.0400. The van der Waals surface area contributed by atoms with Crippen LogP contribution in [0.5, 0.6) is 0 Å². The average molecular weight is 141 g/mol. The quantitative estimate of drug-likeness (QED) is 0.539. The maximum atomic E-state index is 2.47. The van der Waals surface area contributed by atoms with Crippen molar-refractivity contribution in [3.8, 4) is 0 Å². The lowest BCUT2D eigenvalue weighted by atomic mass is 9.91. The van der Waals surface area contributed by atoms with E-state index in [9.17, 15) is 0 Å². The molecule has 1 nitrogen and oxygen atoms in total. The topological polar surface area (TPSA) is 3.24 Å². The SMILES string of the molecule is CCC1CN(C)C(C)C1C. The molecule has 3 unspecified atom stereocenters. The van der Waals surface area contributed by atoms with Crippen LogP contribution in [0.3, 0.4) is 0 Å². The molecule has 0 N–H and O–H groups in total. The summed E-state index contributed by atoms with van der Waals surface area (Å²) in [7, 11) is 2.23. The van der Waals surface area contributed by atoms with E-state index in [4.69, 9.17) is 0 Å². The Bertz CT molecular complexity index is 111. The zero-order chi connectivity index (χ0) is 7.72. The van der Waals surface area contributed by atoms with Crippen molar-refractivity contribution >= 4 is 0 Å². The van der Waals surface area contributed by atoms with Crippen molar-refractivity contribution in [1.82, 2.24) is 4.90 Å². The summed E-state index contributed by atoms with van der Waals surface area (Å²) >= 11 is 0. The van der Waals surface area contributed by atoms with Crippen LogP contribution in [0.1, 0.15) is 27.2 Å². The Morgan fingerprint density at radius 3 is 2.20 bits per heavy atom. The van der Waals surface area contributed by atoms with Gasteiger partial charge in [-0.2, -0.15) is 0 Å². The molecule has 1 aliphatic rings. The maximum absolute atomic E-state index is 2.47. The minimum Gasteiger partial charge on any atom is -0.303 e. The molecule has 1 heterocycles. The molecule has 1 heteroatoms. The Morgan fingerprint density at radius 1 is 1.40 bits per heavy atom. The summed E-state index contributed by atoms with van der Waals surface area (Å²) in [5, 5.41) is 0. The fourth-order valence-electron chi connectivity index (χ4n) is 2.00. The van der Waals surface area contributed by atoms with E-state index in [1.807, 2.05) is 0 Å². The maximum Gasteiger partial charge on any atom is 0.00927 e. The summed E-state index contributed by atoms with van der Waals surface area (Å²) in [4.78, 5) is 2.47. The number of rotatable bonds is 1. The van der Waals surface area contributed by atoms with Gasteiger partial charge in [0.1, 0.15) is 0 Å². The lowest BCUT2D eigenvalue weighted by molar-refractivity contribution is 0.300. The predicted molar refractivity (Wildman–Crippen MR) is 45.0 cm³/mol. The van der Waals surface area contributed by atoms with Gasteiger partial charge < -0.3 is 4.90 Å². The van der Waals surface area contributed by atoms with Crippen LogP contribution >= 0.6 is 0 Å². The number of likely N-dealkylation sites (tertiary alicyclic amines) is 1. The van der Waals surface area contributed by atoms with Crippen LogP contribution in [0, 0.1) is 11.8 Å². The lowest BCUT2D eigenvalue weighted by Gasteiger charge is -2.17. The van der Waals surface area contributed by atoms with E-state index in [2.05, 4.69) is 32.7 Å². The second kappa shape index (κ2) is 2.91. The molecule has 0 aromatic carbocycles. The van der Waals surface area contributed by atoms with Crippen LogP contribution in [0.15, 0.2) is 0 Å². The first kappa shape index (κ1) is 8.06. The van der Waals surface area contributed by atoms with Gasteiger partial charge in [0, 0.05) is 12.6 Å². The highest BCUT2D eigenvalue weighted by Gasteiger charge is 2.32. The van der Waals surface area contributed by atoms with Gasteiger partial charge >= 0.3 is 0 Å². The van der Waals surface area contributed by atoms with Gasteiger partial charge in [-0.1, -0.05) is 20.3 Å². The van der Waals surface area contributed by atoms with Gasteiger partial charge in [0.05, 0.1) is 0 Å². The number of nitrogens with zero attached hydrogens (tertiary/aromatic N) is 1. The molecule has 1 aliphatic heterocycles. The fourth-order valence-corrected chi connectivity index (χ4v) is 2.00. The summed E-state index contributed by atoms with van der Waals surface area (Å²) in [5.41, 5.74) is 0. The van der Waals surface area contributed by atoms with Gasteiger partial charge in [-0.25, -0.2) is 0 Å². The van der Waals surface area contributed by atoms with Gasteiger partial charge in [0.25, 0.3) is 0 Å². The zero-order valence-corrected chi connectivity index (χ0v) is 7.59. The van der Waals surface area contributed by atoms with E-state index in [0.29, 0.717) is 0 Å². The number of hydrogen-bond donors (Lipinski definition) is 0. The molecule has 1 saturated heterocycles. The molecular weight excluding hydrogens is 122 g/mol. The Kier molecular flexibility index (Phi) is 2.35. The molecule has 0 saturated carbocycles. The molecule has 1 rings (SSSR count). The van der Waals surface area contributed by atoms with Gasteiger partial charge in [-0.3, -0.25) is 0 Å². The molecule has 0 aliphatic carbocycles. The van der Waals surface area contributed by atoms with E-state index in [-0.39, 0.29) is 0 Å². The first-order chi connectivity index (χ1) is 4.66. The third kappa shape index (κ3) is 1.20. The highest BCUT2D eigenvalue weighted by molar-refractivity contribution is 4.85. The second-order valence-corrected chi connectivity index (χ2v) is 3.71. The normalized spacial score (nSPS) is 42.6. The molecule has 0 amide bonds. The summed E-state index contributed by atoms with van der Waals surface area (Å²) in [5.74, 6) is 1.84. The molecule has 0 radical (unpaired) electrons. The minimum absolute atomic E-state index is 0.796. The van der Waals surface area contributed by atoms with Crippen molar-refractivity contribution in [2.24, 2.45) is 11.8 Å². The van der Waals surface area contributed by atoms with Gasteiger partial charge in [-0.15, -0.1) is 0 Å². The smallest absolute Gasteiger partial charge is 0.00927 e. The first-order valence-electron chi connectivity index (χ1n) is 4.37. The van der Waals surface area contributed by atoms with Gasteiger partial charge in [-0.05, 0) is 25.8 Å². The molecule has 10 heavy (non-hydrogen) atoms. The zero-order valence-electron chi connectivity index (χ0n) is 7.59. The Morgan fingerprint density at radius 2 is 2.00 bits per heavy atom. The van der Waals surface area contributed by atoms with Crippen molar-refractivity contribution in [2.45, 2.75) is 33.2 Å². The molecule has 0 bridgehead atoms. The van der Waals surface area contributed by atoms with Crippen LogP contribution in [0.4, 0.5) is 0 Å². The van der Waals surface area contributed by atoms with Crippen LogP contribution in [-0.4, -0.2) is 24.5 Å². The van der Waals surface area contributed by atoms with Crippen molar-refractivity contribution in [1.29, 1.82) is 0 Å². The average Bonchev–Trinajstić information content (AvgIpc) is 2.17. The summed E-state index contributed by atoms with van der Waals surface area (Å²) < 4.78 is 0. The van der Waals surface area contributed by atoms with Crippen molar-refractivity contribution in [3.63, 3.8) is 0 Å². The van der Waals surface area contributed by atoms with Gasteiger partial charge in [0.15, 0.2) is 0 Å². The molecule has 1 fully saturated rings. The summed E-state index contributed by atoms with van der Waals surface area (Å²) in [6.07, 6.45) is 1.34. The van der Waals surface area contributed by atoms with Crippen molar-refractivity contribution in [2.75, 3.05) is 13.6 Å². The second-order valence-electron chi connectivity index (χ2n) is 3.71. The van der Waals surface area contributed by atoms with Crippen LogP contribution < -0.4 is 0 Å². The predicted octanol–water partition coefficient (Wildman–Crippen LogP) is 1.98. The van der Waals surface area contributed by atoms with Crippen molar-refractivity contribution in [3.05, 3.63) is 0 Å². The standard InChI is InChI=1S/C9H19N/c1-5-9-6-10(4)8(3)7(9)2/h7-9H,5-6H2,1-4H3. The first-order valence-corrected chi connectivity index (χ1v) is 4.37. The monoisotopic (exact) mass is 141 g/mol. The van der Waals surface area contributed by atoms with Crippen LogP contribution in [-0.2, 0) is 0 Å².